The van der Waals surface area contributed by atoms with Crippen molar-refractivity contribution in [3.8, 4) is 0 Å². The molecule has 0 fully saturated rings. The maximum Gasteiger partial charge on any atom is 0.176 e. The highest BCUT2D eigenvalue weighted by Crippen LogP contribution is 2.06. The van der Waals surface area contributed by atoms with Gasteiger partial charge in [0.05, 0.1) is 4.88 Å². The molecule has 0 aliphatic carbocycles. The molecule has 1 heterocycles. The minimum Gasteiger partial charge on any atom is -0.307 e. The van der Waals surface area contributed by atoms with Crippen LogP contribution in [0.1, 0.15) is 9.67 Å². The van der Waals surface area contributed by atoms with Gasteiger partial charge in [-0.05, 0) is 11.4 Å². The van der Waals surface area contributed by atoms with Crippen molar-refractivity contribution in [2.75, 3.05) is 0 Å². The summed E-state index contributed by atoms with van der Waals surface area (Å²) in [5.41, 5.74) is -0.347. The van der Waals surface area contributed by atoms with E-state index in [-0.39, 0.29) is 5.68 Å². The van der Waals surface area contributed by atoms with Gasteiger partial charge in [0, 0.05) is 0 Å². The number of carbonyl (C=O) groups is 1. The standard InChI is InChI=1S/C5H3BOS/c6-5(7)4-2-1-3-8-4/h1-3H. The first-order valence-corrected chi connectivity index (χ1v) is 3.02. The van der Waals surface area contributed by atoms with Crippen LogP contribution in [-0.4, -0.2) is 13.5 Å². The Morgan fingerprint density at radius 1 is 1.75 bits per heavy atom. The van der Waals surface area contributed by atoms with Gasteiger partial charge >= 0.3 is 0 Å². The van der Waals surface area contributed by atoms with Crippen molar-refractivity contribution in [3.05, 3.63) is 22.4 Å². The highest BCUT2D eigenvalue weighted by atomic mass is 32.1. The third-order valence-corrected chi connectivity index (χ3v) is 1.65. The number of thiophene rings is 1. The van der Waals surface area contributed by atoms with Gasteiger partial charge in [-0.25, -0.2) is 0 Å². The van der Waals surface area contributed by atoms with Crippen LogP contribution in [-0.2, 0) is 0 Å². The van der Waals surface area contributed by atoms with E-state index in [1.807, 2.05) is 5.38 Å². The number of hydrogen-bond donors (Lipinski definition) is 0. The molecule has 0 saturated heterocycles. The van der Waals surface area contributed by atoms with E-state index in [0.717, 1.165) is 0 Å². The van der Waals surface area contributed by atoms with Crippen LogP contribution in [0.25, 0.3) is 0 Å². The molecular weight excluding hydrogens is 119 g/mol. The SMILES string of the molecule is [B]C(=O)c1cccs1. The smallest absolute Gasteiger partial charge is 0.176 e. The van der Waals surface area contributed by atoms with E-state index < -0.39 is 0 Å². The Morgan fingerprint density at radius 2 is 2.50 bits per heavy atom. The lowest BCUT2D eigenvalue weighted by molar-refractivity contribution is 0.108. The van der Waals surface area contributed by atoms with Gasteiger partial charge in [0.1, 0.15) is 5.68 Å². The van der Waals surface area contributed by atoms with Crippen LogP contribution in [0.4, 0.5) is 0 Å². The van der Waals surface area contributed by atoms with Crippen molar-refractivity contribution in [2.45, 2.75) is 0 Å². The molecule has 1 rings (SSSR count). The molecular formula is C5H3BOS. The van der Waals surface area contributed by atoms with Crippen LogP contribution < -0.4 is 0 Å². The van der Waals surface area contributed by atoms with Gasteiger partial charge in [-0.2, -0.15) is 0 Å². The minimum atomic E-state index is -0.347. The topological polar surface area (TPSA) is 17.1 Å². The summed E-state index contributed by atoms with van der Waals surface area (Å²) in [6.07, 6.45) is 0. The van der Waals surface area contributed by atoms with Crippen LogP contribution in [0.2, 0.25) is 0 Å². The Balaban J connectivity index is 2.93. The average Bonchev–Trinajstić information content (AvgIpc) is 2.12. The van der Waals surface area contributed by atoms with E-state index in [4.69, 9.17) is 7.85 Å². The lowest BCUT2D eigenvalue weighted by Crippen LogP contribution is -1.90. The number of rotatable bonds is 1. The van der Waals surface area contributed by atoms with E-state index in [9.17, 15) is 4.79 Å². The first kappa shape index (κ1) is 5.57. The van der Waals surface area contributed by atoms with Gasteiger partial charge in [0.15, 0.2) is 7.85 Å². The lowest BCUT2D eigenvalue weighted by atomic mass is 10.0. The predicted molar refractivity (Wildman–Crippen MR) is 34.4 cm³/mol. The minimum absolute atomic E-state index is 0.347. The first-order valence-electron chi connectivity index (χ1n) is 2.14. The van der Waals surface area contributed by atoms with Crippen LogP contribution >= 0.6 is 11.3 Å². The summed E-state index contributed by atoms with van der Waals surface area (Å²) < 4.78 is 0. The first-order chi connectivity index (χ1) is 3.80. The van der Waals surface area contributed by atoms with Crippen molar-refractivity contribution >= 4 is 24.9 Å². The molecule has 8 heavy (non-hydrogen) atoms. The molecule has 0 amide bonds. The van der Waals surface area contributed by atoms with Crippen molar-refractivity contribution in [2.24, 2.45) is 0 Å². The quantitative estimate of drug-likeness (QED) is 0.509. The van der Waals surface area contributed by atoms with Crippen molar-refractivity contribution in [1.82, 2.24) is 0 Å². The zero-order valence-electron chi connectivity index (χ0n) is 4.13. The molecule has 1 aromatic heterocycles. The summed E-state index contributed by atoms with van der Waals surface area (Å²) in [6.45, 7) is 0. The second-order valence-corrected chi connectivity index (χ2v) is 2.29. The summed E-state index contributed by atoms with van der Waals surface area (Å²) in [5.74, 6) is 0. The molecule has 0 N–H and O–H groups in total. The van der Waals surface area contributed by atoms with E-state index in [1.54, 1.807) is 12.1 Å². The number of carbonyl (C=O) groups excluding carboxylic acids is 1. The normalized spacial score (nSPS) is 9.00. The largest absolute Gasteiger partial charge is 0.307 e. The molecule has 0 atom stereocenters. The van der Waals surface area contributed by atoms with E-state index >= 15 is 0 Å². The predicted octanol–water partition coefficient (Wildman–Crippen LogP) is 1.06. The molecule has 3 heteroatoms. The molecule has 0 aromatic carbocycles. The van der Waals surface area contributed by atoms with Crippen LogP contribution in [0.15, 0.2) is 17.5 Å². The lowest BCUT2D eigenvalue weighted by Gasteiger charge is -1.80. The second-order valence-electron chi connectivity index (χ2n) is 1.34. The molecule has 0 saturated carbocycles. The molecule has 0 bridgehead atoms. The van der Waals surface area contributed by atoms with Gasteiger partial charge in [0.25, 0.3) is 0 Å². The van der Waals surface area contributed by atoms with E-state index in [0.29, 0.717) is 4.88 Å². The van der Waals surface area contributed by atoms with Gasteiger partial charge < -0.3 is 4.79 Å². The highest BCUT2D eigenvalue weighted by molar-refractivity contribution is 7.13. The fourth-order valence-corrected chi connectivity index (χ4v) is 0.996. The zero-order valence-corrected chi connectivity index (χ0v) is 4.94. The molecule has 0 unspecified atom stereocenters. The summed E-state index contributed by atoms with van der Waals surface area (Å²) in [5, 5.41) is 1.82. The van der Waals surface area contributed by atoms with Gasteiger partial charge in [-0.1, -0.05) is 6.07 Å². The maximum atomic E-state index is 10.3. The van der Waals surface area contributed by atoms with Crippen LogP contribution in [0.3, 0.4) is 0 Å². The summed E-state index contributed by atoms with van der Waals surface area (Å²) in [6, 6.07) is 3.50. The Bertz CT molecular complexity index is 180. The van der Waals surface area contributed by atoms with Crippen molar-refractivity contribution in [3.63, 3.8) is 0 Å². The summed E-state index contributed by atoms with van der Waals surface area (Å²) in [7, 11) is 4.93. The van der Waals surface area contributed by atoms with Crippen molar-refractivity contribution in [1.29, 1.82) is 0 Å². The third-order valence-electron chi connectivity index (χ3n) is 0.764. The fourth-order valence-electron chi connectivity index (χ4n) is 0.419. The molecule has 0 aliphatic rings. The number of hydrogen-bond acceptors (Lipinski definition) is 2. The molecule has 1 aromatic rings. The Morgan fingerprint density at radius 3 is 2.75 bits per heavy atom. The maximum absolute atomic E-state index is 10.3. The molecule has 1 nitrogen and oxygen atoms in total. The fraction of sp³-hybridized carbons (Fsp3) is 0. The summed E-state index contributed by atoms with van der Waals surface area (Å²) in [4.78, 5) is 10.9. The van der Waals surface area contributed by atoms with Gasteiger partial charge in [-0.15, -0.1) is 11.3 Å². The van der Waals surface area contributed by atoms with Crippen LogP contribution in [0, 0.1) is 0 Å². The Hall–Kier alpha value is -0.565. The van der Waals surface area contributed by atoms with E-state index in [2.05, 4.69) is 0 Å². The molecule has 0 spiro atoms. The monoisotopic (exact) mass is 122 g/mol. The average molecular weight is 122 g/mol. The van der Waals surface area contributed by atoms with Crippen LogP contribution in [0.5, 0.6) is 0 Å². The molecule has 0 aliphatic heterocycles. The van der Waals surface area contributed by atoms with Gasteiger partial charge in [-0.3, -0.25) is 0 Å². The second kappa shape index (κ2) is 2.14. The summed E-state index contributed by atoms with van der Waals surface area (Å²) >= 11 is 1.36. The Kier molecular flexibility index (Phi) is 1.49. The Labute approximate surface area is 52.8 Å². The van der Waals surface area contributed by atoms with E-state index in [1.165, 1.54) is 11.3 Å². The molecule has 38 valence electrons. The zero-order chi connectivity index (χ0) is 5.98. The third kappa shape index (κ3) is 0.982. The highest BCUT2D eigenvalue weighted by Gasteiger charge is 1.94. The molecule has 2 radical (unpaired) electrons. The van der Waals surface area contributed by atoms with Crippen molar-refractivity contribution < 1.29 is 4.79 Å². The van der Waals surface area contributed by atoms with Gasteiger partial charge in [0.2, 0.25) is 0 Å².